The van der Waals surface area contributed by atoms with Gasteiger partial charge in [0.25, 0.3) is 5.91 Å². The van der Waals surface area contributed by atoms with E-state index in [2.05, 4.69) is 17.2 Å². The number of hydrogen-bond acceptors (Lipinski definition) is 4. The molecule has 5 heteroatoms. The first kappa shape index (κ1) is 15.1. The van der Waals surface area contributed by atoms with Gasteiger partial charge in [0, 0.05) is 17.7 Å². The van der Waals surface area contributed by atoms with E-state index in [1.165, 1.54) is 11.3 Å². The van der Waals surface area contributed by atoms with Crippen LogP contribution in [0, 0.1) is 11.8 Å². The zero-order valence-corrected chi connectivity index (χ0v) is 12.4. The summed E-state index contributed by atoms with van der Waals surface area (Å²) in [5.41, 5.74) is 1.38. The van der Waals surface area contributed by atoms with Crippen LogP contribution >= 0.6 is 11.3 Å². The Kier molecular flexibility index (Phi) is 5.38. The second-order valence-corrected chi connectivity index (χ2v) is 5.04. The minimum Gasteiger partial charge on any atom is -0.497 e. The molecule has 0 radical (unpaired) electrons. The fourth-order valence-corrected chi connectivity index (χ4v) is 2.40. The number of aliphatic hydroxyl groups is 1. The van der Waals surface area contributed by atoms with Crippen LogP contribution in [-0.2, 0) is 0 Å². The summed E-state index contributed by atoms with van der Waals surface area (Å²) in [5, 5.41) is 13.4. The van der Waals surface area contributed by atoms with Crippen LogP contribution in [0.15, 0.2) is 35.7 Å². The van der Waals surface area contributed by atoms with Crippen molar-refractivity contribution in [3.8, 4) is 17.6 Å². The van der Waals surface area contributed by atoms with Crippen LogP contribution < -0.4 is 10.1 Å². The van der Waals surface area contributed by atoms with Crippen molar-refractivity contribution in [2.75, 3.05) is 19.0 Å². The summed E-state index contributed by atoms with van der Waals surface area (Å²) in [6, 6.07) is 8.93. The molecule has 1 aromatic carbocycles. The predicted octanol–water partition coefficient (Wildman–Crippen LogP) is 2.74. The number of rotatable bonds is 4. The summed E-state index contributed by atoms with van der Waals surface area (Å²) in [6.07, 6.45) is 0.398. The smallest absolute Gasteiger partial charge is 0.267 e. The lowest BCUT2D eigenvalue weighted by Gasteiger charge is -2.05. The molecule has 0 aliphatic carbocycles. The molecule has 4 nitrogen and oxygen atoms in total. The number of nitrogens with one attached hydrogen (secondary N) is 1. The van der Waals surface area contributed by atoms with Crippen LogP contribution in [0.1, 0.15) is 21.7 Å². The van der Waals surface area contributed by atoms with Crippen molar-refractivity contribution in [1.82, 2.24) is 0 Å². The van der Waals surface area contributed by atoms with E-state index >= 15 is 0 Å². The van der Waals surface area contributed by atoms with E-state index in [4.69, 9.17) is 9.84 Å². The molecule has 0 unspecified atom stereocenters. The lowest BCUT2D eigenvalue weighted by atomic mass is 10.2. The number of ether oxygens (including phenoxy) is 1. The minimum atomic E-state index is -0.191. The average Bonchev–Trinajstić information content (AvgIpc) is 2.97. The lowest BCUT2D eigenvalue weighted by Crippen LogP contribution is -2.11. The topological polar surface area (TPSA) is 58.6 Å². The monoisotopic (exact) mass is 301 g/mol. The Morgan fingerprint density at radius 2 is 2.10 bits per heavy atom. The normalized spacial score (nSPS) is 9.62. The highest BCUT2D eigenvalue weighted by Gasteiger charge is 2.12. The van der Waals surface area contributed by atoms with Crippen LogP contribution in [-0.4, -0.2) is 24.7 Å². The first-order chi connectivity index (χ1) is 10.2. The molecule has 1 aromatic heterocycles. The maximum Gasteiger partial charge on any atom is 0.267 e. The molecule has 2 aromatic rings. The largest absolute Gasteiger partial charge is 0.497 e. The molecule has 1 heterocycles. The third kappa shape index (κ3) is 4.09. The molecule has 2 N–H and O–H groups in total. The summed E-state index contributed by atoms with van der Waals surface area (Å²) < 4.78 is 5.07. The molecule has 0 spiro atoms. The number of carbonyl (C=O) groups excluding carboxylic acids is 1. The average molecular weight is 301 g/mol. The summed E-state index contributed by atoms with van der Waals surface area (Å²) in [5.74, 6) is 6.27. The summed E-state index contributed by atoms with van der Waals surface area (Å²) in [7, 11) is 1.59. The molecule has 0 atom stereocenters. The molecule has 0 aliphatic rings. The SMILES string of the molecule is COc1ccc(NC(=O)c2sccc2C#CCCO)cc1. The maximum absolute atomic E-state index is 12.2. The molecule has 21 heavy (non-hydrogen) atoms. The van der Waals surface area contributed by atoms with Gasteiger partial charge in [-0.25, -0.2) is 0 Å². The van der Waals surface area contributed by atoms with Gasteiger partial charge in [0.15, 0.2) is 0 Å². The molecule has 108 valence electrons. The van der Waals surface area contributed by atoms with Gasteiger partial charge in [-0.05, 0) is 35.7 Å². The summed E-state index contributed by atoms with van der Waals surface area (Å²) in [6.45, 7) is 0.0184. The summed E-state index contributed by atoms with van der Waals surface area (Å²) in [4.78, 5) is 12.8. The van der Waals surface area contributed by atoms with Crippen molar-refractivity contribution in [2.24, 2.45) is 0 Å². The molecule has 0 saturated carbocycles. The number of aliphatic hydroxyl groups excluding tert-OH is 1. The van der Waals surface area contributed by atoms with Gasteiger partial charge < -0.3 is 15.2 Å². The van der Waals surface area contributed by atoms with E-state index in [0.29, 0.717) is 22.5 Å². The van der Waals surface area contributed by atoms with E-state index in [1.807, 2.05) is 5.38 Å². The van der Waals surface area contributed by atoms with E-state index in [-0.39, 0.29) is 12.5 Å². The van der Waals surface area contributed by atoms with Crippen molar-refractivity contribution in [1.29, 1.82) is 0 Å². The fraction of sp³-hybridized carbons (Fsp3) is 0.188. The highest BCUT2D eigenvalue weighted by molar-refractivity contribution is 7.12. The molecule has 0 fully saturated rings. The Balaban J connectivity index is 2.10. The van der Waals surface area contributed by atoms with Crippen LogP contribution in [0.3, 0.4) is 0 Å². The zero-order valence-electron chi connectivity index (χ0n) is 11.6. The number of carbonyl (C=O) groups is 1. The van der Waals surface area contributed by atoms with Crippen molar-refractivity contribution in [3.63, 3.8) is 0 Å². The van der Waals surface area contributed by atoms with E-state index in [9.17, 15) is 4.79 Å². The molecule has 0 aliphatic heterocycles. The van der Waals surface area contributed by atoms with E-state index < -0.39 is 0 Å². The van der Waals surface area contributed by atoms with Crippen LogP contribution in [0.4, 0.5) is 5.69 Å². The number of benzene rings is 1. The van der Waals surface area contributed by atoms with Gasteiger partial charge >= 0.3 is 0 Å². The third-order valence-electron chi connectivity index (χ3n) is 2.68. The molecular weight excluding hydrogens is 286 g/mol. The predicted molar refractivity (Wildman–Crippen MR) is 83.8 cm³/mol. The Labute approximate surface area is 127 Å². The second-order valence-electron chi connectivity index (χ2n) is 4.12. The van der Waals surface area contributed by atoms with E-state index in [1.54, 1.807) is 37.4 Å². The fourth-order valence-electron chi connectivity index (χ4n) is 1.66. The Morgan fingerprint density at radius 1 is 1.33 bits per heavy atom. The van der Waals surface area contributed by atoms with Gasteiger partial charge in [0.05, 0.1) is 13.7 Å². The van der Waals surface area contributed by atoms with Crippen molar-refractivity contribution < 1.29 is 14.6 Å². The number of thiophene rings is 1. The Hall–Kier alpha value is -2.29. The number of hydrogen-bond donors (Lipinski definition) is 2. The first-order valence-electron chi connectivity index (χ1n) is 6.37. The standard InChI is InChI=1S/C16H15NO3S/c1-20-14-7-5-13(6-8-14)17-16(19)15-12(9-11-21-15)4-2-3-10-18/h5-9,11,18H,3,10H2,1H3,(H,17,19). The number of methoxy groups -OCH3 is 1. The molecule has 0 saturated heterocycles. The van der Waals surface area contributed by atoms with Crippen LogP contribution in [0.25, 0.3) is 0 Å². The van der Waals surface area contributed by atoms with Crippen LogP contribution in [0.2, 0.25) is 0 Å². The third-order valence-corrected chi connectivity index (χ3v) is 3.59. The molecule has 1 amide bonds. The Bertz CT molecular complexity index is 665. The molecular formula is C16H15NO3S. The lowest BCUT2D eigenvalue weighted by molar-refractivity contribution is 0.103. The molecule has 2 rings (SSSR count). The van der Waals surface area contributed by atoms with Gasteiger partial charge in [-0.2, -0.15) is 0 Å². The zero-order chi connectivity index (χ0) is 15.1. The Morgan fingerprint density at radius 3 is 2.76 bits per heavy atom. The van der Waals surface area contributed by atoms with Gasteiger partial charge in [-0.1, -0.05) is 11.8 Å². The van der Waals surface area contributed by atoms with Gasteiger partial charge in [0.1, 0.15) is 10.6 Å². The highest BCUT2D eigenvalue weighted by Crippen LogP contribution is 2.20. The van der Waals surface area contributed by atoms with Gasteiger partial charge in [-0.15, -0.1) is 11.3 Å². The second kappa shape index (κ2) is 7.48. The van der Waals surface area contributed by atoms with Crippen molar-refractivity contribution in [2.45, 2.75) is 6.42 Å². The number of amides is 1. The molecule has 0 bridgehead atoms. The minimum absolute atomic E-state index is 0.0184. The van der Waals surface area contributed by atoms with Crippen molar-refractivity contribution >= 4 is 22.9 Å². The highest BCUT2D eigenvalue weighted by atomic mass is 32.1. The summed E-state index contributed by atoms with van der Waals surface area (Å²) >= 11 is 1.34. The first-order valence-corrected chi connectivity index (χ1v) is 7.25. The maximum atomic E-state index is 12.2. The quantitative estimate of drug-likeness (QED) is 0.854. The van der Waals surface area contributed by atoms with Crippen LogP contribution in [0.5, 0.6) is 5.75 Å². The van der Waals surface area contributed by atoms with Gasteiger partial charge in [0.2, 0.25) is 0 Å². The van der Waals surface area contributed by atoms with Crippen molar-refractivity contribution in [3.05, 3.63) is 46.2 Å². The number of anilines is 1. The van der Waals surface area contributed by atoms with Gasteiger partial charge in [-0.3, -0.25) is 4.79 Å². The van der Waals surface area contributed by atoms with E-state index in [0.717, 1.165) is 5.75 Å².